The summed E-state index contributed by atoms with van der Waals surface area (Å²) in [5.41, 5.74) is 0.856. The van der Waals surface area contributed by atoms with Crippen molar-refractivity contribution in [3.05, 3.63) is 63.6 Å². The molecule has 0 unspecified atom stereocenters. The van der Waals surface area contributed by atoms with E-state index in [2.05, 4.69) is 15.9 Å². The van der Waals surface area contributed by atoms with Gasteiger partial charge in [-0.3, -0.25) is 4.79 Å². The van der Waals surface area contributed by atoms with Crippen LogP contribution in [0.3, 0.4) is 0 Å². The van der Waals surface area contributed by atoms with E-state index >= 15 is 0 Å². The molecule has 1 aliphatic heterocycles. The van der Waals surface area contributed by atoms with Crippen molar-refractivity contribution in [1.82, 2.24) is 4.90 Å². The molecule has 0 N–H and O–H groups in total. The Hall–Kier alpha value is -1.52. The summed E-state index contributed by atoms with van der Waals surface area (Å²) in [6, 6.07) is 14.9. The SMILES string of the molecule is O=C([C@H](Oc1ccc(Cl)cc1Br)c1ccccc1)N1CCCCC1. The van der Waals surface area contributed by atoms with Crippen LogP contribution >= 0.6 is 27.5 Å². The number of likely N-dealkylation sites (tertiary alicyclic amines) is 1. The van der Waals surface area contributed by atoms with Gasteiger partial charge in [-0.1, -0.05) is 41.9 Å². The largest absolute Gasteiger partial charge is 0.475 e. The van der Waals surface area contributed by atoms with Crippen molar-refractivity contribution in [1.29, 1.82) is 0 Å². The molecule has 1 fully saturated rings. The number of hydrogen-bond donors (Lipinski definition) is 0. The number of carbonyl (C=O) groups excluding carboxylic acids is 1. The number of hydrogen-bond acceptors (Lipinski definition) is 2. The van der Waals surface area contributed by atoms with E-state index in [0.29, 0.717) is 10.8 Å². The highest BCUT2D eigenvalue weighted by Crippen LogP contribution is 2.32. The predicted octanol–water partition coefficient (Wildman–Crippen LogP) is 5.24. The van der Waals surface area contributed by atoms with Crippen LogP contribution in [-0.2, 0) is 4.79 Å². The number of nitrogens with zero attached hydrogens (tertiary/aromatic N) is 1. The van der Waals surface area contributed by atoms with Crippen LogP contribution in [0.2, 0.25) is 5.02 Å². The molecule has 1 amide bonds. The molecule has 1 aliphatic rings. The van der Waals surface area contributed by atoms with Gasteiger partial charge in [0.2, 0.25) is 6.10 Å². The number of carbonyl (C=O) groups is 1. The van der Waals surface area contributed by atoms with Gasteiger partial charge in [0.15, 0.2) is 0 Å². The average Bonchev–Trinajstić information content (AvgIpc) is 2.62. The molecule has 3 rings (SSSR count). The van der Waals surface area contributed by atoms with Crippen LogP contribution in [-0.4, -0.2) is 23.9 Å². The summed E-state index contributed by atoms with van der Waals surface area (Å²) in [7, 11) is 0. The molecule has 0 aromatic heterocycles. The van der Waals surface area contributed by atoms with E-state index in [1.54, 1.807) is 18.2 Å². The monoisotopic (exact) mass is 407 g/mol. The topological polar surface area (TPSA) is 29.5 Å². The minimum atomic E-state index is -0.651. The Labute approximate surface area is 155 Å². The van der Waals surface area contributed by atoms with E-state index in [1.807, 2.05) is 35.2 Å². The van der Waals surface area contributed by atoms with Crippen LogP contribution in [0.1, 0.15) is 30.9 Å². The van der Waals surface area contributed by atoms with Crippen molar-refractivity contribution in [3.63, 3.8) is 0 Å². The Kier molecular flexibility index (Phi) is 5.80. The number of rotatable bonds is 4. The summed E-state index contributed by atoms with van der Waals surface area (Å²) in [6.45, 7) is 1.60. The van der Waals surface area contributed by atoms with Gasteiger partial charge in [0, 0.05) is 23.7 Å². The molecule has 0 aliphatic carbocycles. The molecule has 1 heterocycles. The van der Waals surface area contributed by atoms with Crippen LogP contribution in [0.4, 0.5) is 0 Å². The van der Waals surface area contributed by atoms with E-state index < -0.39 is 6.10 Å². The summed E-state index contributed by atoms with van der Waals surface area (Å²) in [5, 5.41) is 0.618. The fourth-order valence-corrected chi connectivity index (χ4v) is 3.64. The maximum absolute atomic E-state index is 13.0. The quantitative estimate of drug-likeness (QED) is 0.693. The maximum Gasteiger partial charge on any atom is 0.268 e. The number of benzene rings is 2. The fourth-order valence-electron chi connectivity index (χ4n) is 2.87. The first-order chi connectivity index (χ1) is 11.6. The van der Waals surface area contributed by atoms with E-state index in [9.17, 15) is 4.79 Å². The molecular formula is C19H19BrClNO2. The lowest BCUT2D eigenvalue weighted by atomic mass is 10.1. The van der Waals surface area contributed by atoms with Crippen molar-refractivity contribution in [3.8, 4) is 5.75 Å². The number of halogens is 2. The molecule has 2 aromatic rings. The first-order valence-corrected chi connectivity index (χ1v) is 9.28. The second kappa shape index (κ2) is 8.04. The van der Waals surface area contributed by atoms with E-state index in [0.717, 1.165) is 36.0 Å². The van der Waals surface area contributed by atoms with Crippen LogP contribution < -0.4 is 4.74 Å². The lowest BCUT2D eigenvalue weighted by Crippen LogP contribution is -2.40. The number of piperidine rings is 1. The third kappa shape index (κ3) is 4.11. The Morgan fingerprint density at radius 1 is 1.08 bits per heavy atom. The summed E-state index contributed by atoms with van der Waals surface area (Å²) < 4.78 is 6.84. The van der Waals surface area contributed by atoms with E-state index in [1.165, 1.54) is 6.42 Å². The molecule has 0 bridgehead atoms. The fraction of sp³-hybridized carbons (Fsp3) is 0.316. The average molecular weight is 409 g/mol. The first-order valence-electron chi connectivity index (χ1n) is 8.10. The Morgan fingerprint density at radius 2 is 1.79 bits per heavy atom. The van der Waals surface area contributed by atoms with Gasteiger partial charge >= 0.3 is 0 Å². The van der Waals surface area contributed by atoms with Crippen molar-refractivity contribution in [2.75, 3.05) is 13.1 Å². The van der Waals surface area contributed by atoms with E-state index in [-0.39, 0.29) is 5.91 Å². The summed E-state index contributed by atoms with van der Waals surface area (Å²) in [5.74, 6) is 0.626. The summed E-state index contributed by atoms with van der Waals surface area (Å²) >= 11 is 9.45. The van der Waals surface area contributed by atoms with Gasteiger partial charge in [0.1, 0.15) is 5.75 Å². The summed E-state index contributed by atoms with van der Waals surface area (Å²) in [4.78, 5) is 14.9. The molecule has 126 valence electrons. The van der Waals surface area contributed by atoms with Crippen LogP contribution in [0, 0.1) is 0 Å². The van der Waals surface area contributed by atoms with Crippen molar-refractivity contribution in [2.45, 2.75) is 25.4 Å². The maximum atomic E-state index is 13.0. The molecule has 5 heteroatoms. The van der Waals surface area contributed by atoms with Crippen LogP contribution in [0.25, 0.3) is 0 Å². The van der Waals surface area contributed by atoms with Crippen molar-refractivity contribution in [2.24, 2.45) is 0 Å². The Morgan fingerprint density at radius 3 is 2.46 bits per heavy atom. The highest BCUT2D eigenvalue weighted by molar-refractivity contribution is 9.10. The van der Waals surface area contributed by atoms with Crippen molar-refractivity contribution < 1.29 is 9.53 Å². The highest BCUT2D eigenvalue weighted by Gasteiger charge is 2.29. The number of amides is 1. The molecule has 0 spiro atoms. The van der Waals surface area contributed by atoms with Crippen LogP contribution in [0.5, 0.6) is 5.75 Å². The van der Waals surface area contributed by atoms with Gasteiger partial charge in [-0.2, -0.15) is 0 Å². The van der Waals surface area contributed by atoms with Gasteiger partial charge in [0.25, 0.3) is 5.91 Å². The number of ether oxygens (including phenoxy) is 1. The molecular weight excluding hydrogens is 390 g/mol. The zero-order valence-corrected chi connectivity index (χ0v) is 15.6. The smallest absolute Gasteiger partial charge is 0.268 e. The predicted molar refractivity (Wildman–Crippen MR) is 99.4 cm³/mol. The second-order valence-corrected chi connectivity index (χ2v) is 7.16. The van der Waals surface area contributed by atoms with Gasteiger partial charge in [-0.15, -0.1) is 0 Å². The van der Waals surface area contributed by atoms with Gasteiger partial charge in [-0.05, 0) is 53.4 Å². The normalized spacial score (nSPS) is 15.8. The van der Waals surface area contributed by atoms with Crippen LogP contribution in [0.15, 0.2) is 53.0 Å². The molecule has 2 aromatic carbocycles. The second-order valence-electron chi connectivity index (χ2n) is 5.87. The zero-order chi connectivity index (χ0) is 16.9. The first kappa shape index (κ1) is 17.3. The zero-order valence-electron chi connectivity index (χ0n) is 13.3. The molecule has 0 saturated carbocycles. The molecule has 24 heavy (non-hydrogen) atoms. The Bertz CT molecular complexity index is 702. The van der Waals surface area contributed by atoms with Gasteiger partial charge in [-0.25, -0.2) is 0 Å². The van der Waals surface area contributed by atoms with E-state index in [4.69, 9.17) is 16.3 Å². The lowest BCUT2D eigenvalue weighted by Gasteiger charge is -2.31. The standard InChI is InChI=1S/C19H19BrClNO2/c20-16-13-15(21)9-10-17(16)24-18(14-7-3-1-4-8-14)19(23)22-11-5-2-6-12-22/h1,3-4,7-10,13,18H,2,5-6,11-12H2/t18-/m1/s1. The third-order valence-electron chi connectivity index (χ3n) is 4.13. The molecule has 1 atom stereocenters. The molecule has 0 radical (unpaired) electrons. The van der Waals surface area contributed by atoms with Gasteiger partial charge < -0.3 is 9.64 Å². The van der Waals surface area contributed by atoms with Crippen molar-refractivity contribution >= 4 is 33.4 Å². The molecule has 1 saturated heterocycles. The minimum Gasteiger partial charge on any atom is -0.475 e. The highest BCUT2D eigenvalue weighted by atomic mass is 79.9. The summed E-state index contributed by atoms with van der Waals surface area (Å²) in [6.07, 6.45) is 2.64. The Balaban J connectivity index is 1.88. The minimum absolute atomic E-state index is 0.0164. The lowest BCUT2D eigenvalue weighted by molar-refractivity contribution is -0.140. The third-order valence-corrected chi connectivity index (χ3v) is 4.99. The van der Waals surface area contributed by atoms with Gasteiger partial charge in [0.05, 0.1) is 4.47 Å². The molecule has 3 nitrogen and oxygen atoms in total.